The molecular weight excluding hydrogens is 354 g/mol. The molecule has 2 heterocycles. The van der Waals surface area contributed by atoms with Gasteiger partial charge in [0.05, 0.1) is 17.3 Å². The Morgan fingerprint density at radius 3 is 3.05 bits per heavy atom. The van der Waals surface area contributed by atoms with Gasteiger partial charge in [0.25, 0.3) is 0 Å². The normalized spacial score (nSPS) is 25.6. The van der Waals surface area contributed by atoms with Crippen LogP contribution < -0.4 is 10.6 Å². The minimum Gasteiger partial charge on any atom is -0.324 e. The van der Waals surface area contributed by atoms with E-state index in [-0.39, 0.29) is 5.91 Å². The minimum atomic E-state index is 0.00206. The van der Waals surface area contributed by atoms with E-state index in [1.165, 1.54) is 12.8 Å². The third-order valence-electron chi connectivity index (χ3n) is 4.42. The standard InChI is InChI=1S/C15H19BrClN3O/c16-11-1-2-13(12(17)7-11)19-14(21)8-20-6-4-15(10-20)3-5-18-9-15/h1-2,7,18H,3-6,8-10H2,(H,19,21). The zero-order chi connectivity index (χ0) is 14.9. The molecule has 6 heteroatoms. The molecule has 2 saturated heterocycles. The molecule has 1 atom stereocenters. The fourth-order valence-corrected chi connectivity index (χ4v) is 4.01. The van der Waals surface area contributed by atoms with Crippen LogP contribution in [0.25, 0.3) is 0 Å². The number of likely N-dealkylation sites (tertiary alicyclic amines) is 1. The van der Waals surface area contributed by atoms with Gasteiger partial charge >= 0.3 is 0 Å². The summed E-state index contributed by atoms with van der Waals surface area (Å²) in [6, 6.07) is 5.47. The average molecular weight is 373 g/mol. The summed E-state index contributed by atoms with van der Waals surface area (Å²) in [6.07, 6.45) is 2.41. The molecule has 1 aromatic carbocycles. The summed E-state index contributed by atoms with van der Waals surface area (Å²) in [4.78, 5) is 14.4. The molecule has 114 valence electrons. The van der Waals surface area contributed by atoms with E-state index in [1.807, 2.05) is 12.1 Å². The van der Waals surface area contributed by atoms with Crippen LogP contribution in [0, 0.1) is 5.41 Å². The number of nitrogens with one attached hydrogen (secondary N) is 2. The molecule has 4 nitrogen and oxygen atoms in total. The number of nitrogens with zero attached hydrogens (tertiary/aromatic N) is 1. The molecule has 0 aromatic heterocycles. The Bertz CT molecular complexity index is 546. The van der Waals surface area contributed by atoms with Crippen molar-refractivity contribution in [3.05, 3.63) is 27.7 Å². The Labute approximate surface area is 138 Å². The van der Waals surface area contributed by atoms with Crippen molar-refractivity contribution in [2.24, 2.45) is 5.41 Å². The Morgan fingerprint density at radius 2 is 2.33 bits per heavy atom. The molecular formula is C15H19BrClN3O. The van der Waals surface area contributed by atoms with Crippen LogP contribution >= 0.6 is 27.5 Å². The van der Waals surface area contributed by atoms with Crippen LogP contribution in [0.4, 0.5) is 5.69 Å². The van der Waals surface area contributed by atoms with E-state index in [0.717, 1.165) is 30.7 Å². The minimum absolute atomic E-state index is 0.00206. The lowest BCUT2D eigenvalue weighted by Gasteiger charge is -2.22. The summed E-state index contributed by atoms with van der Waals surface area (Å²) >= 11 is 9.48. The van der Waals surface area contributed by atoms with Crippen LogP contribution in [0.1, 0.15) is 12.8 Å². The van der Waals surface area contributed by atoms with Crippen LogP contribution in [0.2, 0.25) is 5.02 Å². The predicted molar refractivity (Wildman–Crippen MR) is 88.8 cm³/mol. The Balaban J connectivity index is 1.55. The zero-order valence-electron chi connectivity index (χ0n) is 11.8. The molecule has 2 aliphatic rings. The molecule has 0 aliphatic carbocycles. The van der Waals surface area contributed by atoms with E-state index in [1.54, 1.807) is 6.07 Å². The lowest BCUT2D eigenvalue weighted by Crippen LogP contribution is -2.34. The summed E-state index contributed by atoms with van der Waals surface area (Å²) in [5, 5.41) is 6.88. The van der Waals surface area contributed by atoms with E-state index >= 15 is 0 Å². The third kappa shape index (κ3) is 3.59. The molecule has 0 radical (unpaired) electrons. The fourth-order valence-electron chi connectivity index (χ4n) is 3.29. The van der Waals surface area contributed by atoms with Gasteiger partial charge in [-0.1, -0.05) is 27.5 Å². The van der Waals surface area contributed by atoms with Crippen molar-refractivity contribution in [3.8, 4) is 0 Å². The van der Waals surface area contributed by atoms with Crippen molar-refractivity contribution in [1.82, 2.24) is 10.2 Å². The topological polar surface area (TPSA) is 44.4 Å². The number of hydrogen-bond donors (Lipinski definition) is 2. The number of halogens is 2. The monoisotopic (exact) mass is 371 g/mol. The second-order valence-electron chi connectivity index (χ2n) is 6.06. The molecule has 3 rings (SSSR count). The maximum atomic E-state index is 12.2. The number of benzene rings is 1. The van der Waals surface area contributed by atoms with Gasteiger partial charge in [-0.05, 0) is 49.5 Å². The van der Waals surface area contributed by atoms with Crippen molar-refractivity contribution in [2.75, 3.05) is 38.0 Å². The van der Waals surface area contributed by atoms with Crippen molar-refractivity contribution >= 4 is 39.1 Å². The summed E-state index contributed by atoms with van der Waals surface area (Å²) in [5.41, 5.74) is 1.07. The summed E-state index contributed by atoms with van der Waals surface area (Å²) in [6.45, 7) is 4.65. The van der Waals surface area contributed by atoms with Crippen LogP contribution in [0.5, 0.6) is 0 Å². The molecule has 1 unspecified atom stereocenters. The van der Waals surface area contributed by atoms with Crippen molar-refractivity contribution in [1.29, 1.82) is 0 Å². The van der Waals surface area contributed by atoms with Crippen molar-refractivity contribution in [3.63, 3.8) is 0 Å². The second-order valence-corrected chi connectivity index (χ2v) is 7.38. The maximum absolute atomic E-state index is 12.2. The molecule has 21 heavy (non-hydrogen) atoms. The number of carbonyl (C=O) groups excluding carboxylic acids is 1. The van der Waals surface area contributed by atoms with Gasteiger partial charge in [-0.3, -0.25) is 9.69 Å². The number of anilines is 1. The van der Waals surface area contributed by atoms with Gasteiger partial charge in [0.15, 0.2) is 0 Å². The highest BCUT2D eigenvalue weighted by atomic mass is 79.9. The average Bonchev–Trinajstić information content (AvgIpc) is 3.04. The Hall–Kier alpha value is -0.620. The molecule has 1 amide bonds. The number of hydrogen-bond acceptors (Lipinski definition) is 3. The van der Waals surface area contributed by atoms with Crippen LogP contribution in [-0.4, -0.2) is 43.5 Å². The maximum Gasteiger partial charge on any atom is 0.238 e. The lowest BCUT2D eigenvalue weighted by atomic mass is 9.87. The summed E-state index contributed by atoms with van der Waals surface area (Å²) < 4.78 is 0.903. The van der Waals surface area contributed by atoms with Gasteiger partial charge in [-0.15, -0.1) is 0 Å². The molecule has 2 fully saturated rings. The third-order valence-corrected chi connectivity index (χ3v) is 5.23. The first-order chi connectivity index (χ1) is 10.1. The smallest absolute Gasteiger partial charge is 0.238 e. The van der Waals surface area contributed by atoms with Gasteiger partial charge in [0.2, 0.25) is 5.91 Å². The first-order valence-electron chi connectivity index (χ1n) is 7.24. The van der Waals surface area contributed by atoms with Crippen LogP contribution in [0.3, 0.4) is 0 Å². The highest BCUT2D eigenvalue weighted by molar-refractivity contribution is 9.10. The predicted octanol–water partition coefficient (Wildman–Crippen LogP) is 2.73. The largest absolute Gasteiger partial charge is 0.324 e. The summed E-state index contributed by atoms with van der Waals surface area (Å²) in [5.74, 6) is 0.00206. The van der Waals surface area contributed by atoms with E-state index in [4.69, 9.17) is 11.6 Å². The molecule has 1 spiro atoms. The van der Waals surface area contributed by atoms with Gasteiger partial charge < -0.3 is 10.6 Å². The molecule has 2 N–H and O–H groups in total. The SMILES string of the molecule is O=C(CN1CCC2(CCNC2)C1)Nc1ccc(Br)cc1Cl. The van der Waals surface area contributed by atoms with E-state index in [2.05, 4.69) is 31.5 Å². The van der Waals surface area contributed by atoms with Gasteiger partial charge in [0.1, 0.15) is 0 Å². The van der Waals surface area contributed by atoms with E-state index < -0.39 is 0 Å². The number of carbonyl (C=O) groups is 1. The van der Waals surface area contributed by atoms with Crippen LogP contribution in [-0.2, 0) is 4.79 Å². The van der Waals surface area contributed by atoms with Gasteiger partial charge in [0, 0.05) is 17.6 Å². The zero-order valence-corrected chi connectivity index (χ0v) is 14.1. The van der Waals surface area contributed by atoms with Crippen molar-refractivity contribution in [2.45, 2.75) is 12.8 Å². The van der Waals surface area contributed by atoms with Crippen molar-refractivity contribution < 1.29 is 4.79 Å². The number of amides is 1. The highest BCUT2D eigenvalue weighted by Gasteiger charge is 2.40. The van der Waals surface area contributed by atoms with Gasteiger partial charge in [-0.25, -0.2) is 0 Å². The van der Waals surface area contributed by atoms with E-state index in [9.17, 15) is 4.79 Å². The fraction of sp³-hybridized carbons (Fsp3) is 0.533. The molecule has 0 saturated carbocycles. The molecule has 1 aromatic rings. The number of rotatable bonds is 3. The highest BCUT2D eigenvalue weighted by Crippen LogP contribution is 2.35. The first kappa shape index (κ1) is 15.3. The Morgan fingerprint density at radius 1 is 1.48 bits per heavy atom. The second kappa shape index (κ2) is 6.24. The molecule has 2 aliphatic heterocycles. The lowest BCUT2D eigenvalue weighted by molar-refractivity contribution is -0.117. The van der Waals surface area contributed by atoms with Crippen LogP contribution in [0.15, 0.2) is 22.7 Å². The quantitative estimate of drug-likeness (QED) is 0.857. The first-order valence-corrected chi connectivity index (χ1v) is 8.41. The molecule has 0 bridgehead atoms. The van der Waals surface area contributed by atoms with E-state index in [0.29, 0.717) is 22.7 Å². The Kier molecular flexibility index (Phi) is 4.54. The summed E-state index contributed by atoms with van der Waals surface area (Å²) in [7, 11) is 0. The van der Waals surface area contributed by atoms with Gasteiger partial charge in [-0.2, -0.15) is 0 Å².